The first-order valence-electron chi connectivity index (χ1n) is 6.31. The Morgan fingerprint density at radius 1 is 1.00 bits per heavy atom. The Balaban J connectivity index is 1.98. The molecule has 0 aliphatic rings. The second-order valence-corrected chi connectivity index (χ2v) is 5.89. The summed E-state index contributed by atoms with van der Waals surface area (Å²) in [5.74, 6) is 0.419. The van der Waals surface area contributed by atoms with Crippen molar-refractivity contribution in [3.8, 4) is 0 Å². The van der Waals surface area contributed by atoms with E-state index >= 15 is 0 Å². The minimum absolute atomic E-state index is 0.419. The molecule has 20 heavy (non-hydrogen) atoms. The van der Waals surface area contributed by atoms with Crippen LogP contribution in [0, 0.1) is 0 Å². The molecular weight excluding hydrogens is 268 g/mol. The molecule has 0 radical (unpaired) electrons. The highest BCUT2D eigenvalue weighted by atomic mass is 32.2. The van der Waals surface area contributed by atoms with Crippen molar-refractivity contribution in [2.24, 2.45) is 0 Å². The number of hydrogen-bond donors (Lipinski definition) is 1. The van der Waals surface area contributed by atoms with Crippen LogP contribution in [0.4, 0.5) is 5.69 Å². The maximum atomic E-state index is 12.4. The number of rotatable bonds is 3. The number of benzene rings is 2. The minimum atomic E-state index is -1.24. The Hall–Kier alpha value is -2.20. The number of nitrogen functional groups attached to an aromatic ring is 1. The third-order valence-electron chi connectivity index (χ3n) is 3.18. The molecule has 0 spiro atoms. The smallest absolute Gasteiger partial charge is 0.150 e. The molecule has 0 saturated carbocycles. The van der Waals surface area contributed by atoms with Crippen LogP contribution in [-0.2, 0) is 16.6 Å². The summed E-state index contributed by atoms with van der Waals surface area (Å²) in [5.41, 5.74) is 7.36. The molecule has 0 amide bonds. The second-order valence-electron chi connectivity index (χ2n) is 4.53. The molecule has 4 heteroatoms. The van der Waals surface area contributed by atoms with E-state index in [1.807, 2.05) is 30.3 Å². The van der Waals surface area contributed by atoms with Gasteiger partial charge in [-0.2, -0.15) is 0 Å². The van der Waals surface area contributed by atoms with Crippen molar-refractivity contribution in [2.45, 2.75) is 10.8 Å². The lowest BCUT2D eigenvalue weighted by Crippen LogP contribution is -2.03. The van der Waals surface area contributed by atoms with Crippen molar-refractivity contribution in [1.82, 2.24) is 4.98 Å². The number of nitrogens with zero attached hydrogens (tertiary/aromatic N) is 1. The second kappa shape index (κ2) is 5.43. The van der Waals surface area contributed by atoms with E-state index in [0.717, 1.165) is 16.3 Å². The average molecular weight is 282 g/mol. The van der Waals surface area contributed by atoms with Crippen LogP contribution < -0.4 is 5.73 Å². The predicted molar refractivity (Wildman–Crippen MR) is 82.7 cm³/mol. The van der Waals surface area contributed by atoms with Crippen LogP contribution in [0.1, 0.15) is 5.56 Å². The number of aromatic nitrogens is 1. The van der Waals surface area contributed by atoms with Gasteiger partial charge in [-0.3, -0.25) is 4.21 Å². The molecular formula is C16H14N2OS. The Labute approximate surface area is 119 Å². The average Bonchev–Trinajstić information content (AvgIpc) is 2.48. The first-order chi connectivity index (χ1) is 9.75. The Kier molecular flexibility index (Phi) is 3.48. The summed E-state index contributed by atoms with van der Waals surface area (Å²) in [7, 11) is -1.24. The fourth-order valence-corrected chi connectivity index (χ4v) is 3.40. The maximum absolute atomic E-state index is 12.4. The van der Waals surface area contributed by atoms with Gasteiger partial charge in [0.2, 0.25) is 0 Å². The van der Waals surface area contributed by atoms with Crippen LogP contribution in [0.2, 0.25) is 0 Å². The summed E-state index contributed by atoms with van der Waals surface area (Å²) in [6, 6.07) is 17.6. The maximum Gasteiger partial charge on any atom is 0.150 e. The lowest BCUT2D eigenvalue weighted by Gasteiger charge is -2.07. The van der Waals surface area contributed by atoms with Crippen LogP contribution >= 0.6 is 0 Å². The fourth-order valence-electron chi connectivity index (χ4n) is 2.22. The number of fused-ring (bicyclic) bond motifs is 1. The summed E-state index contributed by atoms with van der Waals surface area (Å²) >= 11 is 0. The number of pyridine rings is 1. The number of nitrogens with two attached hydrogens (primary N) is 1. The third kappa shape index (κ3) is 2.42. The molecule has 1 unspecified atom stereocenters. The molecule has 0 saturated heterocycles. The van der Waals surface area contributed by atoms with Crippen molar-refractivity contribution in [2.75, 3.05) is 5.73 Å². The van der Waals surface area contributed by atoms with Gasteiger partial charge < -0.3 is 5.73 Å². The first kappa shape index (κ1) is 12.8. The van der Waals surface area contributed by atoms with Crippen LogP contribution in [0.5, 0.6) is 0 Å². The molecule has 1 atom stereocenters. The molecule has 3 rings (SSSR count). The third-order valence-corrected chi connectivity index (χ3v) is 4.53. The molecule has 100 valence electrons. The van der Waals surface area contributed by atoms with Gasteiger partial charge >= 0.3 is 0 Å². The van der Waals surface area contributed by atoms with Crippen molar-refractivity contribution in [3.63, 3.8) is 0 Å². The quantitative estimate of drug-likeness (QED) is 0.803. The summed E-state index contributed by atoms with van der Waals surface area (Å²) in [4.78, 5) is 4.13. The highest BCUT2D eigenvalue weighted by Crippen LogP contribution is 2.22. The zero-order valence-electron chi connectivity index (χ0n) is 10.8. The van der Waals surface area contributed by atoms with Gasteiger partial charge in [0.05, 0.1) is 22.2 Å². The van der Waals surface area contributed by atoms with Crippen LogP contribution in [0.15, 0.2) is 65.8 Å². The van der Waals surface area contributed by atoms with E-state index in [4.69, 9.17) is 5.73 Å². The van der Waals surface area contributed by atoms with Gasteiger partial charge in [-0.25, -0.2) is 4.98 Å². The van der Waals surface area contributed by atoms with Gasteiger partial charge in [0.15, 0.2) is 0 Å². The Morgan fingerprint density at radius 3 is 2.65 bits per heavy atom. The topological polar surface area (TPSA) is 56.0 Å². The van der Waals surface area contributed by atoms with Crippen molar-refractivity contribution in [1.29, 1.82) is 0 Å². The predicted octanol–water partition coefficient (Wildman–Crippen LogP) is 3.12. The fraction of sp³-hybridized carbons (Fsp3) is 0.0625. The summed E-state index contributed by atoms with van der Waals surface area (Å²) < 4.78 is 12.4. The van der Waals surface area contributed by atoms with Gasteiger partial charge in [0.1, 0.15) is 5.03 Å². The van der Waals surface area contributed by atoms with Gasteiger partial charge in [-0.05, 0) is 28.5 Å². The molecule has 0 aliphatic carbocycles. The number of hydrogen-bond acceptors (Lipinski definition) is 3. The molecule has 0 aliphatic heterocycles. The van der Waals surface area contributed by atoms with Gasteiger partial charge in [-0.1, -0.05) is 42.5 Å². The molecule has 0 bridgehead atoms. The standard InChI is InChI=1S/C16H14N2OS/c17-15-9-4-10-18-16(15)20(19)11-13-7-3-6-12-5-1-2-8-14(12)13/h1-10H,11,17H2. The Bertz CT molecular complexity index is 781. The molecule has 0 fully saturated rings. The van der Waals surface area contributed by atoms with E-state index < -0.39 is 10.8 Å². The van der Waals surface area contributed by atoms with E-state index in [-0.39, 0.29) is 0 Å². The lowest BCUT2D eigenvalue weighted by atomic mass is 10.1. The van der Waals surface area contributed by atoms with E-state index in [0.29, 0.717) is 16.5 Å². The lowest BCUT2D eigenvalue weighted by molar-refractivity contribution is 0.680. The monoisotopic (exact) mass is 282 g/mol. The summed E-state index contributed by atoms with van der Waals surface area (Å²) in [5, 5.41) is 2.73. The molecule has 3 aromatic rings. The molecule has 3 nitrogen and oxygen atoms in total. The molecule has 1 heterocycles. The highest BCUT2D eigenvalue weighted by Gasteiger charge is 2.11. The van der Waals surface area contributed by atoms with Gasteiger partial charge in [0, 0.05) is 6.20 Å². The SMILES string of the molecule is Nc1cccnc1S(=O)Cc1cccc2ccccc12. The normalized spacial score (nSPS) is 12.4. The van der Waals surface area contributed by atoms with E-state index in [1.54, 1.807) is 18.3 Å². The molecule has 1 aromatic heterocycles. The Morgan fingerprint density at radius 2 is 1.80 bits per heavy atom. The van der Waals surface area contributed by atoms with Crippen molar-refractivity contribution in [3.05, 3.63) is 66.4 Å². The summed E-state index contributed by atoms with van der Waals surface area (Å²) in [6.45, 7) is 0. The number of anilines is 1. The minimum Gasteiger partial charge on any atom is -0.396 e. The first-order valence-corrected chi connectivity index (χ1v) is 7.63. The summed E-state index contributed by atoms with van der Waals surface area (Å²) in [6.07, 6.45) is 1.62. The molecule has 2 aromatic carbocycles. The van der Waals surface area contributed by atoms with Crippen LogP contribution in [0.3, 0.4) is 0 Å². The van der Waals surface area contributed by atoms with Crippen molar-refractivity contribution >= 4 is 27.3 Å². The van der Waals surface area contributed by atoms with E-state index in [9.17, 15) is 4.21 Å². The van der Waals surface area contributed by atoms with Gasteiger partial charge in [0.25, 0.3) is 0 Å². The van der Waals surface area contributed by atoms with E-state index in [2.05, 4.69) is 17.1 Å². The van der Waals surface area contributed by atoms with Gasteiger partial charge in [-0.15, -0.1) is 0 Å². The molecule has 2 N–H and O–H groups in total. The zero-order valence-corrected chi connectivity index (χ0v) is 11.6. The van der Waals surface area contributed by atoms with Crippen molar-refractivity contribution < 1.29 is 4.21 Å². The van der Waals surface area contributed by atoms with Crippen LogP contribution in [0.25, 0.3) is 10.8 Å². The highest BCUT2D eigenvalue weighted by molar-refractivity contribution is 7.84. The zero-order chi connectivity index (χ0) is 13.9. The largest absolute Gasteiger partial charge is 0.396 e. The van der Waals surface area contributed by atoms with E-state index in [1.165, 1.54) is 0 Å². The van der Waals surface area contributed by atoms with Crippen LogP contribution in [-0.4, -0.2) is 9.19 Å².